The van der Waals surface area contributed by atoms with Crippen molar-refractivity contribution in [3.63, 3.8) is 0 Å². The van der Waals surface area contributed by atoms with Gasteiger partial charge in [0, 0.05) is 38.1 Å². The average molecular weight is 363 g/mol. The van der Waals surface area contributed by atoms with E-state index >= 15 is 0 Å². The quantitative estimate of drug-likeness (QED) is 0.705. The highest BCUT2D eigenvalue weighted by atomic mass is 16.5. The molecule has 2 aliphatic heterocycles. The Hall–Kier alpha value is -2.53. The summed E-state index contributed by atoms with van der Waals surface area (Å²) in [5.41, 5.74) is 0.872. The Morgan fingerprint density at radius 3 is 2.74 bits per heavy atom. The molecular formula is C22H25N3O2. The summed E-state index contributed by atoms with van der Waals surface area (Å²) in [6.45, 7) is 5.05. The van der Waals surface area contributed by atoms with Gasteiger partial charge in [-0.05, 0) is 37.1 Å². The van der Waals surface area contributed by atoms with Crippen LogP contribution in [0.5, 0.6) is 5.75 Å². The van der Waals surface area contributed by atoms with E-state index in [1.54, 1.807) is 0 Å². The molecule has 0 aliphatic carbocycles. The van der Waals surface area contributed by atoms with Crippen LogP contribution in [-0.2, 0) is 0 Å². The molecule has 0 N–H and O–H groups in total. The third kappa shape index (κ3) is 3.39. The molecule has 0 radical (unpaired) electrons. The summed E-state index contributed by atoms with van der Waals surface area (Å²) in [6, 6.07) is 18.9. The number of hydrogen-bond acceptors (Lipinski definition) is 5. The second-order valence-corrected chi connectivity index (χ2v) is 7.66. The van der Waals surface area contributed by atoms with Gasteiger partial charge in [0.05, 0.1) is 12.0 Å². The van der Waals surface area contributed by atoms with Crippen molar-refractivity contribution < 1.29 is 9.26 Å². The molecule has 3 heterocycles. The zero-order valence-corrected chi connectivity index (χ0v) is 15.5. The van der Waals surface area contributed by atoms with Gasteiger partial charge in [0.25, 0.3) is 0 Å². The normalized spacial score (nSPS) is 23.3. The molecule has 1 aromatic heterocycles. The van der Waals surface area contributed by atoms with E-state index in [4.69, 9.17) is 9.26 Å². The zero-order chi connectivity index (χ0) is 18.1. The van der Waals surface area contributed by atoms with Crippen LogP contribution >= 0.6 is 0 Å². The fourth-order valence-corrected chi connectivity index (χ4v) is 4.42. The summed E-state index contributed by atoms with van der Waals surface area (Å²) in [6.07, 6.45) is 2.44. The molecule has 140 valence electrons. The van der Waals surface area contributed by atoms with Gasteiger partial charge < -0.3 is 14.2 Å². The molecule has 5 heteroatoms. The van der Waals surface area contributed by atoms with E-state index in [2.05, 4.69) is 27.1 Å². The number of hydrogen-bond donors (Lipinski definition) is 0. The highest BCUT2D eigenvalue weighted by molar-refractivity contribution is 5.88. The lowest BCUT2D eigenvalue weighted by Gasteiger charge is -2.46. The van der Waals surface area contributed by atoms with E-state index in [-0.39, 0.29) is 0 Å². The highest BCUT2D eigenvalue weighted by Crippen LogP contribution is 2.31. The van der Waals surface area contributed by atoms with Crippen LogP contribution < -0.4 is 9.64 Å². The number of piperidine rings is 1. The Morgan fingerprint density at radius 2 is 1.81 bits per heavy atom. The van der Waals surface area contributed by atoms with Crippen LogP contribution in [0.4, 0.5) is 5.82 Å². The summed E-state index contributed by atoms with van der Waals surface area (Å²) in [4.78, 5) is 5.04. The minimum atomic E-state index is 0.599. The van der Waals surface area contributed by atoms with Gasteiger partial charge in [-0.3, -0.25) is 4.90 Å². The zero-order valence-electron chi connectivity index (χ0n) is 15.5. The van der Waals surface area contributed by atoms with Crippen molar-refractivity contribution in [3.05, 3.63) is 54.6 Å². The third-order valence-corrected chi connectivity index (χ3v) is 5.89. The van der Waals surface area contributed by atoms with Gasteiger partial charge in [-0.25, -0.2) is 0 Å². The minimum absolute atomic E-state index is 0.599. The van der Waals surface area contributed by atoms with Gasteiger partial charge >= 0.3 is 0 Å². The van der Waals surface area contributed by atoms with Gasteiger partial charge in [0.1, 0.15) is 5.75 Å². The van der Waals surface area contributed by atoms with Crippen molar-refractivity contribution in [2.24, 2.45) is 5.92 Å². The Bertz CT molecular complexity index is 895. The van der Waals surface area contributed by atoms with Crippen LogP contribution in [0.25, 0.3) is 11.0 Å². The average Bonchev–Trinajstić information content (AvgIpc) is 3.17. The number of piperazine rings is 1. The molecule has 0 amide bonds. The Morgan fingerprint density at radius 1 is 0.963 bits per heavy atom. The molecule has 5 nitrogen and oxygen atoms in total. The van der Waals surface area contributed by atoms with Crippen LogP contribution in [0.1, 0.15) is 12.8 Å². The van der Waals surface area contributed by atoms with E-state index in [0.717, 1.165) is 55.3 Å². The Labute approximate surface area is 159 Å². The predicted octanol–water partition coefficient (Wildman–Crippen LogP) is 3.81. The van der Waals surface area contributed by atoms with E-state index in [1.807, 2.05) is 42.5 Å². The first kappa shape index (κ1) is 16.6. The molecule has 2 atom stereocenters. The number of ether oxygens (including phenoxy) is 1. The van der Waals surface area contributed by atoms with Gasteiger partial charge in [-0.1, -0.05) is 35.5 Å². The first-order valence-electron chi connectivity index (χ1n) is 9.88. The number of fused-ring (bicyclic) bond motifs is 2. The Balaban J connectivity index is 1.20. The van der Waals surface area contributed by atoms with Crippen molar-refractivity contribution >= 4 is 16.8 Å². The second-order valence-electron chi connectivity index (χ2n) is 7.66. The molecule has 5 rings (SSSR count). The molecule has 3 aromatic rings. The topological polar surface area (TPSA) is 41.7 Å². The monoisotopic (exact) mass is 363 g/mol. The minimum Gasteiger partial charge on any atom is -0.493 e. The van der Waals surface area contributed by atoms with Gasteiger partial charge in [-0.2, -0.15) is 0 Å². The van der Waals surface area contributed by atoms with Gasteiger partial charge in [0.2, 0.25) is 0 Å². The van der Waals surface area contributed by atoms with Crippen LogP contribution in [0.15, 0.2) is 59.1 Å². The summed E-state index contributed by atoms with van der Waals surface area (Å²) in [7, 11) is 0. The maximum Gasteiger partial charge on any atom is 0.180 e. The largest absolute Gasteiger partial charge is 0.493 e. The molecule has 0 bridgehead atoms. The van der Waals surface area contributed by atoms with E-state index < -0.39 is 0 Å². The summed E-state index contributed by atoms with van der Waals surface area (Å²) in [5.74, 6) is 2.59. The molecule has 2 aromatic carbocycles. The number of aromatic nitrogens is 1. The molecule has 0 spiro atoms. The second kappa shape index (κ2) is 7.24. The first-order chi connectivity index (χ1) is 13.4. The smallest absolute Gasteiger partial charge is 0.180 e. The molecule has 2 saturated heterocycles. The number of para-hydroxylation sites is 2. The molecular weight excluding hydrogens is 338 g/mol. The fraction of sp³-hybridized carbons (Fsp3) is 0.409. The highest BCUT2D eigenvalue weighted by Gasteiger charge is 2.34. The lowest BCUT2D eigenvalue weighted by molar-refractivity contribution is 0.0727. The van der Waals surface area contributed by atoms with Crippen LogP contribution in [0.3, 0.4) is 0 Å². The first-order valence-corrected chi connectivity index (χ1v) is 9.88. The van der Waals surface area contributed by atoms with Gasteiger partial charge in [0.15, 0.2) is 11.4 Å². The molecule has 2 fully saturated rings. The third-order valence-electron chi connectivity index (χ3n) is 5.89. The van der Waals surface area contributed by atoms with Crippen LogP contribution in [0, 0.1) is 5.92 Å². The number of benzene rings is 2. The summed E-state index contributed by atoms with van der Waals surface area (Å²) < 4.78 is 11.5. The van der Waals surface area contributed by atoms with E-state index in [0.29, 0.717) is 12.0 Å². The number of rotatable bonds is 4. The van der Waals surface area contributed by atoms with Crippen molar-refractivity contribution in [3.8, 4) is 5.75 Å². The molecule has 0 unspecified atom stereocenters. The van der Waals surface area contributed by atoms with Crippen molar-refractivity contribution in [1.82, 2.24) is 10.1 Å². The number of nitrogens with zero attached hydrogens (tertiary/aromatic N) is 3. The van der Waals surface area contributed by atoms with Crippen molar-refractivity contribution in [2.45, 2.75) is 18.9 Å². The standard InChI is InChI=1S/C22H25N3O2/c1-2-6-19(7-3-1)26-16-17-10-11-18-15-25(13-12-24(18)14-17)22-20-8-4-5-9-21(20)27-23-22/h1-9,17-18H,10-16H2/t17-,18+/m1/s1. The van der Waals surface area contributed by atoms with E-state index in [9.17, 15) is 0 Å². The van der Waals surface area contributed by atoms with Gasteiger partial charge in [-0.15, -0.1) is 0 Å². The fourth-order valence-electron chi connectivity index (χ4n) is 4.42. The predicted molar refractivity (Wildman–Crippen MR) is 106 cm³/mol. The molecule has 27 heavy (non-hydrogen) atoms. The lowest BCUT2D eigenvalue weighted by atomic mass is 9.91. The summed E-state index contributed by atoms with van der Waals surface area (Å²) >= 11 is 0. The SMILES string of the molecule is c1ccc(OC[C@@H]2CC[C@H]3CN(c4noc5ccccc45)CCN3C2)cc1. The summed E-state index contributed by atoms with van der Waals surface area (Å²) in [5, 5.41) is 5.47. The van der Waals surface area contributed by atoms with Crippen LogP contribution in [0.2, 0.25) is 0 Å². The molecule has 2 aliphatic rings. The van der Waals surface area contributed by atoms with Crippen LogP contribution in [-0.4, -0.2) is 48.9 Å². The lowest BCUT2D eigenvalue weighted by Crippen LogP contribution is -2.57. The number of anilines is 1. The maximum absolute atomic E-state index is 5.99. The maximum atomic E-state index is 5.99. The Kier molecular flexibility index (Phi) is 4.46. The van der Waals surface area contributed by atoms with E-state index in [1.165, 1.54) is 12.8 Å². The molecule has 0 saturated carbocycles. The van der Waals surface area contributed by atoms with Crippen molar-refractivity contribution in [1.29, 1.82) is 0 Å². The van der Waals surface area contributed by atoms with Crippen molar-refractivity contribution in [2.75, 3.05) is 37.7 Å².